The number of rotatable bonds is 6. The van der Waals surface area contributed by atoms with Gasteiger partial charge in [0.2, 0.25) is 0 Å². The molecule has 0 aliphatic heterocycles. The van der Waals surface area contributed by atoms with Crippen molar-refractivity contribution in [1.82, 2.24) is 0 Å². The van der Waals surface area contributed by atoms with E-state index in [-0.39, 0.29) is 18.1 Å². The van der Waals surface area contributed by atoms with Gasteiger partial charge in [0, 0.05) is 0 Å². The summed E-state index contributed by atoms with van der Waals surface area (Å²) in [5.74, 6) is 0. The zero-order valence-electron chi connectivity index (χ0n) is 23.4. The van der Waals surface area contributed by atoms with Crippen LogP contribution in [-0.2, 0) is 46.6 Å². The Morgan fingerprint density at radius 3 is 1.32 bits per heavy atom. The molecule has 0 saturated carbocycles. The summed E-state index contributed by atoms with van der Waals surface area (Å²) >= 11 is -6.96. The average molecular weight is 753 g/mol. The van der Waals surface area contributed by atoms with Crippen molar-refractivity contribution in [2.75, 3.05) is 0 Å². The van der Waals surface area contributed by atoms with Crippen molar-refractivity contribution >= 4 is 55.7 Å². The molecule has 0 amide bonds. The van der Waals surface area contributed by atoms with Gasteiger partial charge in [-0.15, -0.1) is 0 Å². The van der Waals surface area contributed by atoms with Gasteiger partial charge in [-0.1, -0.05) is 0 Å². The van der Waals surface area contributed by atoms with Crippen molar-refractivity contribution in [2.24, 2.45) is 0 Å². The van der Waals surface area contributed by atoms with Crippen LogP contribution in [0, 0.1) is 0 Å². The van der Waals surface area contributed by atoms with Crippen LogP contribution in [-0.4, -0.2) is 9.52 Å². The second kappa shape index (κ2) is 11.0. The first-order valence-corrected chi connectivity index (χ1v) is 34.3. The molecule has 0 radical (unpaired) electrons. The zero-order valence-corrected chi connectivity index (χ0v) is 32.8. The van der Waals surface area contributed by atoms with Gasteiger partial charge >= 0.3 is 253 Å². The predicted octanol–water partition coefficient (Wildman–Crippen LogP) is 10.7. The Hall–Kier alpha value is 1.06. The van der Waals surface area contributed by atoms with Crippen LogP contribution in [0.1, 0.15) is 96.0 Å². The molecular weight excluding hydrogens is 713 g/mol. The van der Waals surface area contributed by atoms with Crippen LogP contribution in [0.3, 0.4) is 0 Å². The van der Waals surface area contributed by atoms with E-state index >= 15 is 0 Å². The van der Waals surface area contributed by atoms with Crippen LogP contribution in [0.25, 0.3) is 12.2 Å². The van der Waals surface area contributed by atoms with Crippen LogP contribution >= 0.6 is 34.1 Å². The number of halogens is 4. The zero-order chi connectivity index (χ0) is 27.6. The molecule has 2 atom stereocenters. The van der Waals surface area contributed by atoms with Gasteiger partial charge in [0.05, 0.1) is 0 Å². The first-order chi connectivity index (χ1) is 16.9. The van der Waals surface area contributed by atoms with Crippen LogP contribution in [0.15, 0.2) is 47.5 Å². The van der Waals surface area contributed by atoms with Gasteiger partial charge in [-0.3, -0.25) is 0 Å². The summed E-state index contributed by atoms with van der Waals surface area (Å²) in [6, 6.07) is 13.4. The Morgan fingerprint density at radius 1 is 0.649 bits per heavy atom. The fraction of sp³-hybridized carbons (Fsp3) is 0.467. The average Bonchev–Trinajstić information content (AvgIpc) is 3.27. The summed E-state index contributed by atoms with van der Waals surface area (Å²) in [6.45, 7) is 18.1. The molecule has 2 aromatic carbocycles. The second-order valence-electron chi connectivity index (χ2n) is 13.1. The summed E-state index contributed by atoms with van der Waals surface area (Å²) in [7, 11) is 29.0. The minimum absolute atomic E-state index is 0.0870. The number of fused-ring (bicyclic) bond motifs is 2. The van der Waals surface area contributed by atoms with Gasteiger partial charge in [0.15, 0.2) is 0 Å². The van der Waals surface area contributed by atoms with Crippen molar-refractivity contribution in [3.8, 4) is 0 Å². The standard InChI is InChI=1S/2C14H17.C2H6Si.4ClH.2Zr/c2*1-10-8-11-6-5-7-13(12(11)9-10)14(2,3)4;1-3-2;;;;;;/h2*5-9H,1-4H3;1-3H2;4*1H;;/q;;;;;;;2*+2/p-4. The number of benzene rings is 2. The van der Waals surface area contributed by atoms with Gasteiger partial charge in [0.25, 0.3) is 0 Å². The molecule has 2 aromatic rings. The first-order valence-electron chi connectivity index (χ1n) is 13.3. The molecule has 0 fully saturated rings. The predicted molar refractivity (Wildman–Crippen MR) is 165 cm³/mol. The molecular formula is C30H40Cl4SiZr2. The van der Waals surface area contributed by atoms with Gasteiger partial charge in [-0.25, -0.2) is 0 Å². The Balaban J connectivity index is 1.53. The van der Waals surface area contributed by atoms with Gasteiger partial charge < -0.3 is 0 Å². The monoisotopic (exact) mass is 748 g/mol. The molecule has 200 valence electrons. The Bertz CT molecular complexity index is 1170. The topological polar surface area (TPSA) is 0 Å². The van der Waals surface area contributed by atoms with E-state index in [0.717, 1.165) is 7.50 Å². The molecule has 2 aliphatic carbocycles. The number of hydrogen-bond acceptors (Lipinski definition) is 0. The molecule has 0 N–H and O–H groups in total. The molecule has 0 heterocycles. The Labute approximate surface area is 250 Å². The molecule has 0 saturated heterocycles. The minimum atomic E-state index is -3.48. The first kappa shape index (κ1) is 31.0. The van der Waals surface area contributed by atoms with E-state index in [1.54, 1.807) is 0 Å². The van der Waals surface area contributed by atoms with Gasteiger partial charge in [-0.05, 0) is 0 Å². The molecule has 0 spiro atoms. The summed E-state index contributed by atoms with van der Waals surface area (Å²) in [6.07, 6.45) is 4.70. The third-order valence-corrected chi connectivity index (χ3v) is 51.6. The fourth-order valence-corrected chi connectivity index (χ4v) is 51.8. The molecule has 2 aliphatic rings. The Morgan fingerprint density at radius 2 is 1.00 bits per heavy atom. The van der Waals surface area contributed by atoms with E-state index in [0.29, 0.717) is 0 Å². The summed E-state index contributed by atoms with van der Waals surface area (Å²) in [5, 5.41) is 0. The van der Waals surface area contributed by atoms with Gasteiger partial charge in [-0.2, -0.15) is 0 Å². The van der Waals surface area contributed by atoms with Gasteiger partial charge in [0.1, 0.15) is 0 Å². The van der Waals surface area contributed by atoms with E-state index in [1.807, 2.05) is 0 Å². The fourth-order valence-electron chi connectivity index (χ4n) is 6.38. The van der Waals surface area contributed by atoms with Crippen LogP contribution in [0.2, 0.25) is 7.50 Å². The maximum absolute atomic E-state index is 7.40. The molecule has 0 nitrogen and oxygen atoms in total. The normalized spacial score (nSPS) is 20.3. The third-order valence-electron chi connectivity index (χ3n) is 8.04. The van der Waals surface area contributed by atoms with E-state index in [2.05, 4.69) is 104 Å². The van der Waals surface area contributed by atoms with Crippen molar-refractivity contribution in [1.29, 1.82) is 0 Å². The molecule has 7 heteroatoms. The van der Waals surface area contributed by atoms with Crippen molar-refractivity contribution in [3.63, 3.8) is 0 Å². The molecule has 37 heavy (non-hydrogen) atoms. The van der Waals surface area contributed by atoms with Crippen LogP contribution < -0.4 is 0 Å². The quantitative estimate of drug-likeness (QED) is 0.258. The maximum atomic E-state index is 7.40. The van der Waals surface area contributed by atoms with Crippen molar-refractivity contribution in [2.45, 2.75) is 81.0 Å². The Kier molecular flexibility index (Phi) is 9.26. The molecule has 0 aromatic heterocycles. The van der Waals surface area contributed by atoms with Crippen molar-refractivity contribution < 1.29 is 35.8 Å². The van der Waals surface area contributed by atoms with E-state index in [4.69, 9.17) is 34.1 Å². The van der Waals surface area contributed by atoms with Crippen LogP contribution in [0.4, 0.5) is 0 Å². The number of allylic oxidation sites excluding steroid dienone is 2. The molecule has 0 bridgehead atoms. The van der Waals surface area contributed by atoms with Crippen LogP contribution in [0.5, 0.6) is 0 Å². The second-order valence-corrected chi connectivity index (χ2v) is 50.8. The third kappa shape index (κ3) is 6.30. The number of hydrogen-bond donors (Lipinski definition) is 0. The summed E-state index contributed by atoms with van der Waals surface area (Å²) < 4.78 is 2.46. The van der Waals surface area contributed by atoms with E-state index < -0.39 is 45.3 Å². The summed E-state index contributed by atoms with van der Waals surface area (Å²) in [4.78, 5) is 0. The SMILES string of the molecule is CC1=Cc2c(cccc2C(C)(C)C)[CH]1[Zr]([Cl])([Cl])[CH2][SiH2][CH2][Zr]([Cl])([Cl])[CH]1C(C)=Cc2c1cccc2C(C)(C)C. The summed E-state index contributed by atoms with van der Waals surface area (Å²) in [5.41, 5.74) is 11.0. The molecule has 4 rings (SSSR count). The van der Waals surface area contributed by atoms with E-state index in [9.17, 15) is 0 Å². The van der Waals surface area contributed by atoms with E-state index in [1.165, 1.54) is 44.5 Å². The molecule has 2 unspecified atom stereocenters. The van der Waals surface area contributed by atoms with Crippen molar-refractivity contribution in [3.05, 3.63) is 80.9 Å².